The van der Waals surface area contributed by atoms with E-state index in [1.165, 1.54) is 24.9 Å². The van der Waals surface area contributed by atoms with Crippen LogP contribution in [0.4, 0.5) is 0 Å². The molecule has 0 saturated carbocycles. The summed E-state index contributed by atoms with van der Waals surface area (Å²) < 4.78 is 5.23. The van der Waals surface area contributed by atoms with Gasteiger partial charge in [-0.05, 0) is 44.1 Å². The van der Waals surface area contributed by atoms with Crippen molar-refractivity contribution in [3.63, 3.8) is 0 Å². The van der Waals surface area contributed by atoms with Crippen LogP contribution in [0, 0.1) is 0 Å². The van der Waals surface area contributed by atoms with Crippen molar-refractivity contribution in [1.29, 1.82) is 0 Å². The van der Waals surface area contributed by atoms with E-state index in [-0.39, 0.29) is 0 Å². The summed E-state index contributed by atoms with van der Waals surface area (Å²) in [6.45, 7) is 2.33. The maximum atomic E-state index is 5.23. The van der Waals surface area contributed by atoms with Crippen molar-refractivity contribution in [2.24, 2.45) is 0 Å². The number of rotatable bonds is 2. The van der Waals surface area contributed by atoms with Gasteiger partial charge in [-0.1, -0.05) is 12.1 Å². The molecule has 0 spiro atoms. The Morgan fingerprint density at radius 3 is 2.78 bits per heavy atom. The van der Waals surface area contributed by atoms with Gasteiger partial charge in [0.15, 0.2) is 0 Å². The molecule has 3 nitrogen and oxygen atoms in total. The second-order valence-corrected chi connectivity index (χ2v) is 5.51. The van der Waals surface area contributed by atoms with E-state index in [0.29, 0.717) is 18.0 Å². The third-order valence-corrected chi connectivity index (χ3v) is 4.50. The fourth-order valence-corrected chi connectivity index (χ4v) is 3.52. The highest BCUT2D eigenvalue weighted by molar-refractivity contribution is 5.32. The Labute approximate surface area is 109 Å². The van der Waals surface area contributed by atoms with Gasteiger partial charge in [-0.3, -0.25) is 0 Å². The smallest absolute Gasteiger partial charge is 0.118 e. The van der Waals surface area contributed by atoms with Gasteiger partial charge in [0.05, 0.1) is 7.11 Å². The standard InChI is InChI=1S/C15H22N2O/c1-17-10-13(15-14(17)4-3-9-16-15)11-5-7-12(18-2)8-6-11/h5-8,13-16H,3-4,9-10H2,1-2H3/t13-,14-,15-/m1/s1. The van der Waals surface area contributed by atoms with Crippen molar-refractivity contribution in [3.05, 3.63) is 29.8 Å². The number of likely N-dealkylation sites (tertiary alicyclic amines) is 1. The molecule has 2 aliphatic rings. The van der Waals surface area contributed by atoms with Crippen LogP contribution in [-0.4, -0.2) is 44.2 Å². The fourth-order valence-electron chi connectivity index (χ4n) is 3.52. The maximum absolute atomic E-state index is 5.23. The SMILES string of the molecule is COc1ccc([C@H]2CN(C)[C@@H]3CCCN[C@H]23)cc1. The Morgan fingerprint density at radius 2 is 2.06 bits per heavy atom. The lowest BCUT2D eigenvalue weighted by Gasteiger charge is -2.32. The molecular weight excluding hydrogens is 224 g/mol. The van der Waals surface area contributed by atoms with E-state index in [9.17, 15) is 0 Å². The van der Waals surface area contributed by atoms with Crippen molar-refractivity contribution >= 4 is 0 Å². The third-order valence-electron chi connectivity index (χ3n) is 4.50. The molecule has 1 aromatic carbocycles. The second-order valence-electron chi connectivity index (χ2n) is 5.51. The van der Waals surface area contributed by atoms with Crippen molar-refractivity contribution in [2.75, 3.05) is 27.2 Å². The highest BCUT2D eigenvalue weighted by atomic mass is 16.5. The summed E-state index contributed by atoms with van der Waals surface area (Å²) >= 11 is 0. The van der Waals surface area contributed by atoms with Crippen LogP contribution in [0.25, 0.3) is 0 Å². The highest BCUT2D eigenvalue weighted by Crippen LogP contribution is 2.35. The molecule has 2 aliphatic heterocycles. The Morgan fingerprint density at radius 1 is 1.28 bits per heavy atom. The topological polar surface area (TPSA) is 24.5 Å². The van der Waals surface area contributed by atoms with Gasteiger partial charge in [0.1, 0.15) is 5.75 Å². The molecule has 0 unspecified atom stereocenters. The molecule has 0 amide bonds. The van der Waals surface area contributed by atoms with Gasteiger partial charge >= 0.3 is 0 Å². The number of hydrogen-bond donors (Lipinski definition) is 1. The molecule has 3 atom stereocenters. The minimum absolute atomic E-state index is 0.617. The Bertz CT molecular complexity index is 403. The molecule has 0 radical (unpaired) electrons. The van der Waals surface area contributed by atoms with Crippen LogP contribution in [0.1, 0.15) is 24.3 Å². The van der Waals surface area contributed by atoms with Crippen LogP contribution in [0.15, 0.2) is 24.3 Å². The molecule has 3 rings (SSSR count). The van der Waals surface area contributed by atoms with Gasteiger partial charge in [-0.2, -0.15) is 0 Å². The van der Waals surface area contributed by atoms with Gasteiger partial charge in [0.2, 0.25) is 0 Å². The van der Waals surface area contributed by atoms with E-state index in [1.807, 2.05) is 0 Å². The summed E-state index contributed by atoms with van der Waals surface area (Å²) in [6, 6.07) is 9.92. The molecule has 98 valence electrons. The summed E-state index contributed by atoms with van der Waals surface area (Å²) in [7, 11) is 3.98. The van der Waals surface area contributed by atoms with Crippen molar-refractivity contribution in [1.82, 2.24) is 10.2 Å². The van der Waals surface area contributed by atoms with Gasteiger partial charge in [-0.25, -0.2) is 0 Å². The van der Waals surface area contributed by atoms with Crippen molar-refractivity contribution in [3.8, 4) is 5.75 Å². The quantitative estimate of drug-likeness (QED) is 0.862. The van der Waals surface area contributed by atoms with Gasteiger partial charge < -0.3 is 15.0 Å². The minimum atomic E-state index is 0.617. The molecule has 2 saturated heterocycles. The molecule has 18 heavy (non-hydrogen) atoms. The number of methoxy groups -OCH3 is 1. The van der Waals surface area contributed by atoms with Crippen LogP contribution >= 0.6 is 0 Å². The molecular formula is C15H22N2O. The van der Waals surface area contributed by atoms with E-state index in [0.717, 1.165) is 12.3 Å². The predicted molar refractivity (Wildman–Crippen MR) is 73.2 cm³/mol. The summed E-state index contributed by atoms with van der Waals surface area (Å²) in [5.74, 6) is 1.56. The minimum Gasteiger partial charge on any atom is -0.497 e. The number of hydrogen-bond acceptors (Lipinski definition) is 3. The average Bonchev–Trinajstić information content (AvgIpc) is 2.77. The monoisotopic (exact) mass is 246 g/mol. The summed E-state index contributed by atoms with van der Waals surface area (Å²) in [5, 5.41) is 3.72. The fraction of sp³-hybridized carbons (Fsp3) is 0.600. The maximum Gasteiger partial charge on any atom is 0.118 e. The van der Waals surface area contributed by atoms with Gasteiger partial charge in [0, 0.05) is 24.5 Å². The first-order valence-corrected chi connectivity index (χ1v) is 6.87. The number of nitrogens with zero attached hydrogens (tertiary/aromatic N) is 1. The Hall–Kier alpha value is -1.06. The summed E-state index contributed by atoms with van der Waals surface area (Å²) in [4.78, 5) is 2.52. The summed E-state index contributed by atoms with van der Waals surface area (Å²) in [5.41, 5.74) is 1.43. The van der Waals surface area contributed by atoms with Crippen molar-refractivity contribution < 1.29 is 4.74 Å². The first-order chi connectivity index (χ1) is 8.79. The number of nitrogens with one attached hydrogen (secondary N) is 1. The van der Waals surface area contributed by atoms with Crippen LogP contribution in [0.3, 0.4) is 0 Å². The van der Waals surface area contributed by atoms with Gasteiger partial charge in [-0.15, -0.1) is 0 Å². The molecule has 1 aromatic rings. The van der Waals surface area contributed by atoms with E-state index in [2.05, 4.69) is 41.5 Å². The number of likely N-dealkylation sites (N-methyl/N-ethyl adjacent to an activating group) is 1. The zero-order valence-electron chi connectivity index (χ0n) is 11.2. The van der Waals surface area contributed by atoms with E-state index < -0.39 is 0 Å². The summed E-state index contributed by atoms with van der Waals surface area (Å²) in [6.07, 6.45) is 2.64. The van der Waals surface area contributed by atoms with Crippen molar-refractivity contribution in [2.45, 2.75) is 30.8 Å². The Kier molecular flexibility index (Phi) is 3.27. The number of ether oxygens (including phenoxy) is 1. The lowest BCUT2D eigenvalue weighted by Crippen LogP contribution is -2.47. The number of fused-ring (bicyclic) bond motifs is 1. The van der Waals surface area contributed by atoms with Crippen LogP contribution in [0.2, 0.25) is 0 Å². The molecule has 2 heterocycles. The normalized spacial score (nSPS) is 32.2. The third kappa shape index (κ3) is 2.02. The molecule has 0 aliphatic carbocycles. The zero-order valence-corrected chi connectivity index (χ0v) is 11.2. The lowest BCUT2D eigenvalue weighted by atomic mass is 9.88. The molecule has 0 aromatic heterocycles. The average molecular weight is 246 g/mol. The zero-order chi connectivity index (χ0) is 12.5. The predicted octanol–water partition coefficient (Wildman–Crippen LogP) is 1.84. The van der Waals surface area contributed by atoms with Crippen LogP contribution in [-0.2, 0) is 0 Å². The highest BCUT2D eigenvalue weighted by Gasteiger charge is 2.41. The molecule has 3 heteroatoms. The molecule has 0 bridgehead atoms. The van der Waals surface area contributed by atoms with E-state index >= 15 is 0 Å². The van der Waals surface area contributed by atoms with Crippen LogP contribution in [0.5, 0.6) is 5.75 Å². The van der Waals surface area contributed by atoms with Crippen LogP contribution < -0.4 is 10.1 Å². The number of piperidine rings is 1. The van der Waals surface area contributed by atoms with Gasteiger partial charge in [0.25, 0.3) is 0 Å². The Balaban J connectivity index is 1.82. The first-order valence-electron chi connectivity index (χ1n) is 6.87. The molecule has 1 N–H and O–H groups in total. The lowest BCUT2D eigenvalue weighted by molar-refractivity contribution is 0.237. The first kappa shape index (κ1) is 12.0. The second kappa shape index (κ2) is 4.90. The largest absolute Gasteiger partial charge is 0.497 e. The van der Waals surface area contributed by atoms with E-state index in [4.69, 9.17) is 4.74 Å². The van der Waals surface area contributed by atoms with E-state index in [1.54, 1.807) is 7.11 Å². The number of benzene rings is 1. The molecule has 2 fully saturated rings.